The Morgan fingerprint density at radius 3 is 1.65 bits per heavy atom. The molecule has 0 aliphatic carbocycles. The predicted octanol–water partition coefficient (Wildman–Crippen LogP) is 2.62. The van der Waals surface area contributed by atoms with Crippen LogP contribution in [-0.4, -0.2) is 26.2 Å². The van der Waals surface area contributed by atoms with Crippen LogP contribution in [0.2, 0.25) is 0 Å². The third-order valence-electron chi connectivity index (χ3n) is 2.51. The van der Waals surface area contributed by atoms with Crippen molar-refractivity contribution < 1.29 is 19.1 Å². The molecule has 0 saturated heterocycles. The lowest BCUT2D eigenvalue weighted by atomic mass is 9.99. The van der Waals surface area contributed by atoms with Crippen LogP contribution in [0.15, 0.2) is 11.1 Å². The second-order valence-electron chi connectivity index (χ2n) is 3.79. The molecule has 0 radical (unpaired) electrons. The van der Waals surface area contributed by atoms with Crippen LogP contribution in [0, 0.1) is 0 Å². The molecule has 0 N–H and O–H groups in total. The van der Waals surface area contributed by atoms with Crippen molar-refractivity contribution in [2.75, 3.05) is 14.2 Å². The van der Waals surface area contributed by atoms with Gasteiger partial charge in [-0.15, -0.1) is 0 Å². The van der Waals surface area contributed by atoms with E-state index < -0.39 is 11.9 Å². The molecular weight excluding hydrogens is 220 g/mol. The van der Waals surface area contributed by atoms with Crippen molar-refractivity contribution in [1.29, 1.82) is 0 Å². The SMILES string of the molecule is CCCC/C(C(=O)OC)=C(\CCC)C(=O)OC. The van der Waals surface area contributed by atoms with E-state index in [1.54, 1.807) is 0 Å². The molecule has 0 unspecified atom stereocenters. The van der Waals surface area contributed by atoms with Gasteiger partial charge in [-0.25, -0.2) is 9.59 Å². The highest BCUT2D eigenvalue weighted by Crippen LogP contribution is 2.19. The summed E-state index contributed by atoms with van der Waals surface area (Å²) in [7, 11) is 2.65. The van der Waals surface area contributed by atoms with Crippen molar-refractivity contribution >= 4 is 11.9 Å². The monoisotopic (exact) mass is 242 g/mol. The Labute approximate surface area is 103 Å². The molecule has 98 valence electrons. The molecule has 0 rings (SSSR count). The highest BCUT2D eigenvalue weighted by atomic mass is 16.5. The van der Waals surface area contributed by atoms with Gasteiger partial charge >= 0.3 is 11.9 Å². The van der Waals surface area contributed by atoms with Gasteiger partial charge in [-0.05, 0) is 19.3 Å². The summed E-state index contributed by atoms with van der Waals surface area (Å²) in [5.74, 6) is -0.851. The second kappa shape index (κ2) is 8.79. The lowest BCUT2D eigenvalue weighted by Crippen LogP contribution is -2.15. The zero-order valence-electron chi connectivity index (χ0n) is 11.2. The number of hydrogen-bond acceptors (Lipinski definition) is 4. The van der Waals surface area contributed by atoms with E-state index in [-0.39, 0.29) is 0 Å². The first kappa shape index (κ1) is 15.7. The summed E-state index contributed by atoms with van der Waals surface area (Å²) in [5, 5.41) is 0. The normalized spacial score (nSPS) is 11.8. The fourth-order valence-corrected chi connectivity index (χ4v) is 1.60. The predicted molar refractivity (Wildman–Crippen MR) is 65.5 cm³/mol. The first-order chi connectivity index (χ1) is 8.12. The van der Waals surface area contributed by atoms with E-state index in [0.717, 1.165) is 19.3 Å². The minimum Gasteiger partial charge on any atom is -0.466 e. The largest absolute Gasteiger partial charge is 0.466 e. The number of hydrogen-bond donors (Lipinski definition) is 0. The van der Waals surface area contributed by atoms with Crippen LogP contribution in [0.3, 0.4) is 0 Å². The van der Waals surface area contributed by atoms with Crippen LogP contribution in [0.25, 0.3) is 0 Å². The quantitative estimate of drug-likeness (QED) is 0.508. The highest BCUT2D eigenvalue weighted by Gasteiger charge is 2.20. The molecule has 0 bridgehead atoms. The molecule has 0 aromatic rings. The van der Waals surface area contributed by atoms with Gasteiger partial charge in [0.05, 0.1) is 14.2 Å². The summed E-state index contributed by atoms with van der Waals surface area (Å²) in [6, 6.07) is 0. The summed E-state index contributed by atoms with van der Waals surface area (Å²) in [6.07, 6.45) is 3.71. The van der Waals surface area contributed by atoms with E-state index >= 15 is 0 Å². The number of methoxy groups -OCH3 is 2. The fraction of sp³-hybridized carbons (Fsp3) is 0.692. The molecule has 4 heteroatoms. The van der Waals surface area contributed by atoms with Gasteiger partial charge in [-0.3, -0.25) is 0 Å². The number of unbranched alkanes of at least 4 members (excludes halogenated alkanes) is 1. The zero-order chi connectivity index (χ0) is 13.3. The Balaban J connectivity index is 5.21. The van der Waals surface area contributed by atoms with Crippen LogP contribution in [0.1, 0.15) is 46.0 Å². The molecule has 0 aromatic carbocycles. The first-order valence-corrected chi connectivity index (χ1v) is 6.00. The molecule has 0 saturated carbocycles. The first-order valence-electron chi connectivity index (χ1n) is 6.00. The van der Waals surface area contributed by atoms with Crippen LogP contribution in [0.5, 0.6) is 0 Å². The third kappa shape index (κ3) is 5.02. The van der Waals surface area contributed by atoms with Gasteiger partial charge in [0, 0.05) is 11.1 Å². The minimum atomic E-state index is -0.427. The Morgan fingerprint density at radius 1 is 0.824 bits per heavy atom. The number of ether oxygens (including phenoxy) is 2. The number of carbonyl (C=O) groups excluding carboxylic acids is 2. The van der Waals surface area contributed by atoms with Gasteiger partial charge < -0.3 is 9.47 Å². The number of esters is 2. The van der Waals surface area contributed by atoms with Gasteiger partial charge in [0.2, 0.25) is 0 Å². The van der Waals surface area contributed by atoms with E-state index in [2.05, 4.69) is 0 Å². The fourth-order valence-electron chi connectivity index (χ4n) is 1.60. The average molecular weight is 242 g/mol. The van der Waals surface area contributed by atoms with E-state index in [9.17, 15) is 9.59 Å². The molecule has 0 spiro atoms. The Hall–Kier alpha value is -1.32. The Kier molecular flexibility index (Phi) is 8.11. The standard InChI is InChI=1S/C13H22O4/c1-5-7-9-11(13(15)17-4)10(8-6-2)12(14)16-3/h5-9H2,1-4H3/b11-10-. The lowest BCUT2D eigenvalue weighted by molar-refractivity contribution is -0.139. The minimum absolute atomic E-state index is 0.424. The maximum Gasteiger partial charge on any atom is 0.334 e. The molecule has 0 fully saturated rings. The van der Waals surface area contributed by atoms with Crippen molar-refractivity contribution in [1.82, 2.24) is 0 Å². The molecule has 0 amide bonds. The van der Waals surface area contributed by atoms with Gasteiger partial charge in [0.15, 0.2) is 0 Å². The van der Waals surface area contributed by atoms with Crippen LogP contribution in [0.4, 0.5) is 0 Å². The summed E-state index contributed by atoms with van der Waals surface area (Å²) in [5.41, 5.74) is 0.915. The van der Waals surface area contributed by atoms with Crippen molar-refractivity contribution in [3.63, 3.8) is 0 Å². The van der Waals surface area contributed by atoms with Gasteiger partial charge in [0.1, 0.15) is 0 Å². The smallest absolute Gasteiger partial charge is 0.334 e. The summed E-state index contributed by atoms with van der Waals surface area (Å²) >= 11 is 0. The van der Waals surface area contributed by atoms with E-state index in [4.69, 9.17) is 9.47 Å². The van der Waals surface area contributed by atoms with E-state index in [1.807, 2.05) is 13.8 Å². The van der Waals surface area contributed by atoms with Crippen molar-refractivity contribution in [2.45, 2.75) is 46.0 Å². The van der Waals surface area contributed by atoms with E-state index in [0.29, 0.717) is 24.0 Å². The van der Waals surface area contributed by atoms with Crippen LogP contribution in [-0.2, 0) is 19.1 Å². The van der Waals surface area contributed by atoms with Crippen molar-refractivity contribution in [3.8, 4) is 0 Å². The topological polar surface area (TPSA) is 52.6 Å². The van der Waals surface area contributed by atoms with Crippen LogP contribution < -0.4 is 0 Å². The molecular formula is C13H22O4. The van der Waals surface area contributed by atoms with Crippen LogP contribution >= 0.6 is 0 Å². The van der Waals surface area contributed by atoms with Gasteiger partial charge in [0.25, 0.3) is 0 Å². The molecule has 17 heavy (non-hydrogen) atoms. The third-order valence-corrected chi connectivity index (χ3v) is 2.51. The molecule has 0 heterocycles. The van der Waals surface area contributed by atoms with Crippen molar-refractivity contribution in [3.05, 3.63) is 11.1 Å². The summed E-state index contributed by atoms with van der Waals surface area (Å²) in [4.78, 5) is 23.3. The van der Waals surface area contributed by atoms with Crippen molar-refractivity contribution in [2.24, 2.45) is 0 Å². The highest BCUT2D eigenvalue weighted by molar-refractivity contribution is 6.00. The number of carbonyl (C=O) groups is 2. The molecule has 0 aromatic heterocycles. The lowest BCUT2D eigenvalue weighted by Gasteiger charge is -2.11. The molecule has 0 aliphatic rings. The second-order valence-corrected chi connectivity index (χ2v) is 3.79. The molecule has 0 atom stereocenters. The van der Waals surface area contributed by atoms with Gasteiger partial charge in [-0.2, -0.15) is 0 Å². The maximum atomic E-state index is 11.7. The Bertz CT molecular complexity index is 292. The molecule has 0 aliphatic heterocycles. The molecule has 4 nitrogen and oxygen atoms in total. The number of rotatable bonds is 7. The summed E-state index contributed by atoms with van der Waals surface area (Å²) < 4.78 is 9.44. The zero-order valence-corrected chi connectivity index (χ0v) is 11.2. The van der Waals surface area contributed by atoms with E-state index in [1.165, 1.54) is 14.2 Å². The average Bonchev–Trinajstić information content (AvgIpc) is 2.36. The summed E-state index contributed by atoms with van der Waals surface area (Å²) in [6.45, 7) is 3.99. The Morgan fingerprint density at radius 2 is 1.29 bits per heavy atom. The maximum absolute atomic E-state index is 11.7. The van der Waals surface area contributed by atoms with Gasteiger partial charge in [-0.1, -0.05) is 26.7 Å².